The van der Waals surface area contributed by atoms with Crippen molar-refractivity contribution in [1.29, 1.82) is 0 Å². The zero-order valence-corrected chi connectivity index (χ0v) is 20.3. The average Bonchev–Trinajstić information content (AvgIpc) is 3.52. The van der Waals surface area contributed by atoms with Crippen molar-refractivity contribution < 1.29 is 23.9 Å². The Morgan fingerprint density at radius 2 is 1.86 bits per heavy atom. The molecule has 1 saturated heterocycles. The summed E-state index contributed by atoms with van der Waals surface area (Å²) in [7, 11) is 0. The number of urea groups is 1. The van der Waals surface area contributed by atoms with Gasteiger partial charge in [-0.1, -0.05) is 30.3 Å². The molecule has 3 aromatic rings. The van der Waals surface area contributed by atoms with Crippen LogP contribution in [-0.2, 0) is 23.3 Å². The molecule has 8 nitrogen and oxygen atoms in total. The number of aromatic nitrogens is 1. The van der Waals surface area contributed by atoms with Crippen LogP contribution in [-0.4, -0.2) is 40.5 Å². The van der Waals surface area contributed by atoms with Crippen molar-refractivity contribution in [3.8, 4) is 11.5 Å². The molecule has 1 fully saturated rings. The summed E-state index contributed by atoms with van der Waals surface area (Å²) >= 11 is 0. The van der Waals surface area contributed by atoms with Gasteiger partial charge in [-0.25, -0.2) is 4.79 Å². The van der Waals surface area contributed by atoms with Gasteiger partial charge < -0.3 is 19.4 Å². The second-order valence-electron chi connectivity index (χ2n) is 9.72. The Bertz CT molecular complexity index is 1420. The Hall–Kier alpha value is -4.07. The number of rotatable bonds is 5. The van der Waals surface area contributed by atoms with Crippen molar-refractivity contribution in [2.24, 2.45) is 0 Å². The lowest BCUT2D eigenvalue weighted by molar-refractivity contribution is -0.131. The predicted octanol–water partition coefficient (Wildman–Crippen LogP) is 3.85. The Labute approximate surface area is 208 Å². The number of benzene rings is 2. The van der Waals surface area contributed by atoms with Crippen LogP contribution < -0.4 is 14.8 Å². The van der Waals surface area contributed by atoms with E-state index in [1.165, 1.54) is 0 Å². The van der Waals surface area contributed by atoms with Gasteiger partial charge >= 0.3 is 6.03 Å². The van der Waals surface area contributed by atoms with E-state index in [-0.39, 0.29) is 25.0 Å². The number of carbonyl (C=O) groups is 3. The minimum absolute atomic E-state index is 0.217. The molecule has 0 radical (unpaired) electrons. The molecule has 0 unspecified atom stereocenters. The van der Waals surface area contributed by atoms with Crippen LogP contribution in [0.25, 0.3) is 0 Å². The Kier molecular flexibility index (Phi) is 5.14. The van der Waals surface area contributed by atoms with Crippen molar-refractivity contribution in [3.63, 3.8) is 0 Å². The molecule has 1 aromatic heterocycles. The van der Waals surface area contributed by atoms with Crippen molar-refractivity contribution in [2.75, 3.05) is 13.3 Å². The number of imide groups is 1. The lowest BCUT2D eigenvalue weighted by atomic mass is 9.76. The van der Waals surface area contributed by atoms with Crippen LogP contribution in [0.3, 0.4) is 0 Å². The summed E-state index contributed by atoms with van der Waals surface area (Å²) in [5, 5.41) is 2.92. The maximum atomic E-state index is 13.6. The third-order valence-corrected chi connectivity index (χ3v) is 7.60. The van der Waals surface area contributed by atoms with Crippen LogP contribution in [0.1, 0.15) is 51.3 Å². The highest BCUT2D eigenvalue weighted by Gasteiger charge is 2.54. The van der Waals surface area contributed by atoms with E-state index in [0.717, 1.165) is 51.6 Å². The minimum Gasteiger partial charge on any atom is -0.454 e. The van der Waals surface area contributed by atoms with Crippen molar-refractivity contribution in [2.45, 2.75) is 45.2 Å². The molecule has 1 aliphatic carbocycles. The van der Waals surface area contributed by atoms with Crippen LogP contribution in [0, 0.1) is 13.8 Å². The Morgan fingerprint density at radius 3 is 2.72 bits per heavy atom. The number of aryl methyl sites for hydroxylation is 2. The molecule has 3 heterocycles. The predicted molar refractivity (Wildman–Crippen MR) is 131 cm³/mol. The van der Waals surface area contributed by atoms with Gasteiger partial charge in [-0.2, -0.15) is 0 Å². The second-order valence-corrected chi connectivity index (χ2v) is 9.72. The fraction of sp³-hybridized carbons (Fsp3) is 0.321. The number of hydrogen-bond donors (Lipinski definition) is 1. The molecule has 3 aliphatic rings. The fourth-order valence-electron chi connectivity index (χ4n) is 5.73. The molecule has 2 aliphatic heterocycles. The second kappa shape index (κ2) is 8.26. The first-order chi connectivity index (χ1) is 17.4. The van der Waals surface area contributed by atoms with Gasteiger partial charge in [0, 0.05) is 23.5 Å². The first-order valence-corrected chi connectivity index (χ1v) is 12.2. The summed E-state index contributed by atoms with van der Waals surface area (Å²) < 4.78 is 12.9. The summed E-state index contributed by atoms with van der Waals surface area (Å²) in [6, 6.07) is 14.8. The fourth-order valence-corrected chi connectivity index (χ4v) is 5.73. The molecule has 0 bridgehead atoms. The average molecular weight is 486 g/mol. The van der Waals surface area contributed by atoms with Crippen LogP contribution in [0.4, 0.5) is 4.79 Å². The number of fused-ring (bicyclic) bond motifs is 3. The normalized spacial score (nSPS) is 20.1. The summed E-state index contributed by atoms with van der Waals surface area (Å²) in [5.74, 6) is 0.831. The first-order valence-electron chi connectivity index (χ1n) is 12.2. The maximum absolute atomic E-state index is 13.6. The van der Waals surface area contributed by atoms with Crippen molar-refractivity contribution >= 4 is 17.7 Å². The monoisotopic (exact) mass is 485 g/mol. The lowest BCUT2D eigenvalue weighted by Gasteiger charge is -2.33. The molecule has 1 atom stereocenters. The van der Waals surface area contributed by atoms with Gasteiger partial charge in [-0.15, -0.1) is 0 Å². The number of hydrogen-bond acceptors (Lipinski definition) is 5. The number of nitrogens with one attached hydrogen (secondary N) is 1. The highest BCUT2D eigenvalue weighted by atomic mass is 16.7. The molecule has 8 heteroatoms. The van der Waals surface area contributed by atoms with Crippen LogP contribution in [0.15, 0.2) is 48.5 Å². The number of nitrogens with zero attached hydrogens (tertiary/aromatic N) is 2. The molecule has 6 rings (SSSR count). The first kappa shape index (κ1) is 22.4. The van der Waals surface area contributed by atoms with Crippen LogP contribution in [0.5, 0.6) is 11.5 Å². The topological polar surface area (TPSA) is 89.9 Å². The van der Waals surface area contributed by atoms with Crippen LogP contribution in [0.2, 0.25) is 0 Å². The number of Topliss-reactive ketones (excluding diaryl/α,β-unsaturated/α-hetero) is 1. The van der Waals surface area contributed by atoms with E-state index in [1.54, 1.807) is 0 Å². The van der Waals surface area contributed by atoms with E-state index < -0.39 is 11.6 Å². The van der Waals surface area contributed by atoms with Gasteiger partial charge in [0.15, 0.2) is 17.3 Å². The molecule has 36 heavy (non-hydrogen) atoms. The summed E-state index contributed by atoms with van der Waals surface area (Å²) in [6.07, 6.45) is 2.20. The summed E-state index contributed by atoms with van der Waals surface area (Å²) in [5.41, 5.74) is 4.07. The minimum atomic E-state index is -1.08. The molecular weight excluding hydrogens is 458 g/mol. The zero-order valence-electron chi connectivity index (χ0n) is 20.3. The smallest absolute Gasteiger partial charge is 0.325 e. The SMILES string of the molecule is Cc1cc(C(=O)CN2C(=O)N[C@]3(CCCc4ccccc43)C2=O)c(C)n1Cc1ccc2c(c1)OCO2. The molecule has 1 spiro atoms. The van der Waals surface area contributed by atoms with Crippen molar-refractivity contribution in [3.05, 3.63) is 82.2 Å². The summed E-state index contributed by atoms with van der Waals surface area (Å²) in [6.45, 7) is 4.32. The summed E-state index contributed by atoms with van der Waals surface area (Å²) in [4.78, 5) is 41.0. The standard InChI is InChI=1S/C28H27N3O5/c1-17-12-21(18(2)30(17)14-19-9-10-24-25(13-19)36-16-35-24)23(32)15-31-26(33)28(29-27(31)34)11-5-7-20-6-3-4-8-22(20)28/h3-4,6,8-10,12-13H,5,7,11,14-16H2,1-2H3,(H,29,34)/t28-/m0/s1. The highest BCUT2D eigenvalue weighted by Crippen LogP contribution is 2.40. The number of amides is 3. The van der Waals surface area contributed by atoms with Gasteiger partial charge in [0.05, 0.1) is 6.54 Å². The van der Waals surface area contributed by atoms with Gasteiger partial charge in [0.2, 0.25) is 6.79 Å². The number of carbonyl (C=O) groups excluding carboxylic acids is 3. The quantitative estimate of drug-likeness (QED) is 0.438. The maximum Gasteiger partial charge on any atom is 0.325 e. The van der Waals surface area contributed by atoms with Gasteiger partial charge in [0.25, 0.3) is 5.91 Å². The molecular formula is C28H27N3O5. The Balaban J connectivity index is 1.24. The zero-order chi connectivity index (χ0) is 25.0. The van der Waals surface area contributed by atoms with E-state index in [4.69, 9.17) is 9.47 Å². The van der Waals surface area contributed by atoms with E-state index in [9.17, 15) is 14.4 Å². The van der Waals surface area contributed by atoms with Gasteiger partial charge in [0.1, 0.15) is 5.54 Å². The molecule has 2 aromatic carbocycles. The van der Waals surface area contributed by atoms with E-state index in [0.29, 0.717) is 24.3 Å². The highest BCUT2D eigenvalue weighted by molar-refractivity contribution is 6.12. The van der Waals surface area contributed by atoms with Gasteiger partial charge in [-0.3, -0.25) is 14.5 Å². The largest absolute Gasteiger partial charge is 0.454 e. The van der Waals surface area contributed by atoms with E-state index in [2.05, 4.69) is 9.88 Å². The van der Waals surface area contributed by atoms with E-state index in [1.807, 2.05) is 62.4 Å². The molecule has 1 N–H and O–H groups in total. The third-order valence-electron chi connectivity index (χ3n) is 7.60. The number of ether oxygens (including phenoxy) is 2. The molecule has 3 amide bonds. The third kappa shape index (κ3) is 3.39. The van der Waals surface area contributed by atoms with Crippen LogP contribution >= 0.6 is 0 Å². The lowest BCUT2D eigenvalue weighted by Crippen LogP contribution is -2.46. The van der Waals surface area contributed by atoms with E-state index >= 15 is 0 Å². The Morgan fingerprint density at radius 1 is 1.06 bits per heavy atom. The molecule has 0 saturated carbocycles. The van der Waals surface area contributed by atoms with Gasteiger partial charge in [-0.05, 0) is 68.0 Å². The van der Waals surface area contributed by atoms with Crippen molar-refractivity contribution in [1.82, 2.24) is 14.8 Å². The molecule has 184 valence electrons. The number of ketones is 1.